The number of halogens is 2. The molecule has 0 saturated heterocycles. The molecule has 0 aliphatic rings. The highest BCUT2D eigenvalue weighted by molar-refractivity contribution is 6.40. The van der Waals surface area contributed by atoms with Crippen molar-refractivity contribution in [2.75, 3.05) is 5.32 Å². The quantitative estimate of drug-likeness (QED) is 0.532. The van der Waals surface area contributed by atoms with Crippen LogP contribution in [0.15, 0.2) is 42.5 Å². The standard InChI is InChI=1S/C22H24Cl2N2O4/c1-22(2,3)12-18(27)26-17(11-19(28)29)13-7-9-14(10-8-13)25-21(30)20-15(23)5-4-6-16(20)24/h4-10,17H,11-12H2,1-3H3,(H,25,30)(H,26,27)(H,28,29). The van der Waals surface area contributed by atoms with Crippen molar-refractivity contribution >= 4 is 46.7 Å². The number of rotatable bonds is 7. The van der Waals surface area contributed by atoms with Crippen LogP contribution in [-0.2, 0) is 9.59 Å². The Morgan fingerprint density at radius 1 is 1.00 bits per heavy atom. The molecule has 2 aromatic carbocycles. The Morgan fingerprint density at radius 2 is 1.57 bits per heavy atom. The van der Waals surface area contributed by atoms with E-state index in [1.165, 1.54) is 0 Å². The van der Waals surface area contributed by atoms with E-state index in [9.17, 15) is 19.5 Å². The van der Waals surface area contributed by atoms with E-state index in [2.05, 4.69) is 10.6 Å². The number of nitrogens with one attached hydrogen (secondary N) is 2. The normalized spacial score (nSPS) is 12.2. The Bertz CT molecular complexity index is 917. The molecular weight excluding hydrogens is 427 g/mol. The Hall–Kier alpha value is -2.57. The second kappa shape index (κ2) is 9.96. The third kappa shape index (κ3) is 7.04. The Balaban J connectivity index is 2.15. The van der Waals surface area contributed by atoms with Crippen molar-refractivity contribution in [3.8, 4) is 0 Å². The molecule has 0 aromatic heterocycles. The minimum Gasteiger partial charge on any atom is -0.481 e. The van der Waals surface area contributed by atoms with E-state index in [-0.39, 0.29) is 39.8 Å². The summed E-state index contributed by atoms with van der Waals surface area (Å²) < 4.78 is 0. The lowest BCUT2D eigenvalue weighted by Gasteiger charge is -2.22. The maximum absolute atomic E-state index is 12.5. The maximum atomic E-state index is 12.5. The van der Waals surface area contributed by atoms with Gasteiger partial charge in [-0.1, -0.05) is 62.2 Å². The van der Waals surface area contributed by atoms with Crippen molar-refractivity contribution in [3.05, 3.63) is 63.6 Å². The highest BCUT2D eigenvalue weighted by Gasteiger charge is 2.22. The van der Waals surface area contributed by atoms with Gasteiger partial charge in [-0.3, -0.25) is 14.4 Å². The van der Waals surface area contributed by atoms with Crippen LogP contribution in [0.5, 0.6) is 0 Å². The molecule has 0 fully saturated rings. The summed E-state index contributed by atoms with van der Waals surface area (Å²) in [6.45, 7) is 5.80. The zero-order valence-corrected chi connectivity index (χ0v) is 18.5. The molecule has 0 aliphatic heterocycles. The SMILES string of the molecule is CC(C)(C)CC(=O)NC(CC(=O)O)c1ccc(NC(=O)c2c(Cl)cccc2Cl)cc1. The largest absolute Gasteiger partial charge is 0.481 e. The predicted octanol–water partition coefficient (Wildman–Crippen LogP) is 5.31. The van der Waals surface area contributed by atoms with Gasteiger partial charge in [-0.2, -0.15) is 0 Å². The van der Waals surface area contributed by atoms with Crippen LogP contribution >= 0.6 is 23.2 Å². The number of carbonyl (C=O) groups excluding carboxylic acids is 2. The van der Waals surface area contributed by atoms with Crippen molar-refractivity contribution in [2.24, 2.45) is 5.41 Å². The lowest BCUT2D eigenvalue weighted by molar-refractivity contribution is -0.137. The first-order valence-corrected chi connectivity index (χ1v) is 10.1. The molecule has 1 unspecified atom stereocenters. The third-order valence-corrected chi connectivity index (χ3v) is 4.80. The average Bonchev–Trinajstić information content (AvgIpc) is 2.59. The zero-order valence-electron chi connectivity index (χ0n) is 17.0. The number of carboxylic acid groups (broad SMARTS) is 1. The topological polar surface area (TPSA) is 95.5 Å². The summed E-state index contributed by atoms with van der Waals surface area (Å²) in [5.41, 5.74) is 1.05. The van der Waals surface area contributed by atoms with Crippen LogP contribution in [0.25, 0.3) is 0 Å². The molecule has 1 atom stereocenters. The molecule has 0 saturated carbocycles. The maximum Gasteiger partial charge on any atom is 0.305 e. The monoisotopic (exact) mass is 450 g/mol. The number of carboxylic acids is 1. The first-order valence-electron chi connectivity index (χ1n) is 9.33. The van der Waals surface area contributed by atoms with Crippen molar-refractivity contribution in [2.45, 2.75) is 39.7 Å². The van der Waals surface area contributed by atoms with Gasteiger partial charge in [0.15, 0.2) is 0 Å². The number of amides is 2. The fraction of sp³-hybridized carbons (Fsp3) is 0.318. The number of anilines is 1. The Morgan fingerprint density at radius 3 is 2.07 bits per heavy atom. The van der Waals surface area contributed by atoms with Crippen molar-refractivity contribution in [1.29, 1.82) is 0 Å². The van der Waals surface area contributed by atoms with Gasteiger partial charge in [0.2, 0.25) is 5.91 Å². The number of aliphatic carboxylic acids is 1. The van der Waals surface area contributed by atoms with E-state index < -0.39 is 17.9 Å². The van der Waals surface area contributed by atoms with E-state index in [1.54, 1.807) is 42.5 Å². The van der Waals surface area contributed by atoms with Gasteiger partial charge in [-0.05, 0) is 35.2 Å². The lowest BCUT2D eigenvalue weighted by Crippen LogP contribution is -2.32. The highest BCUT2D eigenvalue weighted by atomic mass is 35.5. The fourth-order valence-corrected chi connectivity index (χ4v) is 3.43. The summed E-state index contributed by atoms with van der Waals surface area (Å²) in [5, 5.41) is 15.2. The molecule has 0 bridgehead atoms. The number of carbonyl (C=O) groups is 3. The van der Waals surface area contributed by atoms with Gasteiger partial charge in [0.05, 0.1) is 28.1 Å². The van der Waals surface area contributed by atoms with Gasteiger partial charge in [-0.15, -0.1) is 0 Å². The predicted molar refractivity (Wildman–Crippen MR) is 118 cm³/mol. The van der Waals surface area contributed by atoms with Gasteiger partial charge in [0.25, 0.3) is 5.91 Å². The van der Waals surface area contributed by atoms with Crippen LogP contribution in [0.2, 0.25) is 10.0 Å². The molecule has 0 aliphatic carbocycles. The van der Waals surface area contributed by atoms with Gasteiger partial charge < -0.3 is 15.7 Å². The summed E-state index contributed by atoms with van der Waals surface area (Å²) in [7, 11) is 0. The van der Waals surface area contributed by atoms with Crippen molar-refractivity contribution < 1.29 is 19.5 Å². The first-order chi connectivity index (χ1) is 14.0. The molecule has 2 aromatic rings. The van der Waals surface area contributed by atoms with Gasteiger partial charge in [0.1, 0.15) is 0 Å². The van der Waals surface area contributed by atoms with Gasteiger partial charge in [0, 0.05) is 12.1 Å². The van der Waals surface area contributed by atoms with Crippen LogP contribution < -0.4 is 10.6 Å². The summed E-state index contributed by atoms with van der Waals surface area (Å²) in [5.74, 6) is -1.71. The summed E-state index contributed by atoms with van der Waals surface area (Å²) >= 11 is 12.1. The molecule has 3 N–H and O–H groups in total. The highest BCUT2D eigenvalue weighted by Crippen LogP contribution is 2.26. The van der Waals surface area contributed by atoms with Crippen molar-refractivity contribution in [1.82, 2.24) is 5.32 Å². The molecule has 0 radical (unpaired) electrons. The minimum atomic E-state index is -1.03. The van der Waals surface area contributed by atoms with Crippen LogP contribution in [-0.4, -0.2) is 22.9 Å². The third-order valence-electron chi connectivity index (χ3n) is 4.17. The molecule has 2 amide bonds. The second-order valence-corrected chi connectivity index (χ2v) is 8.94. The Kier molecular flexibility index (Phi) is 7.87. The zero-order chi connectivity index (χ0) is 22.5. The molecule has 2 rings (SSSR count). The fourth-order valence-electron chi connectivity index (χ4n) is 2.86. The number of hydrogen-bond acceptors (Lipinski definition) is 3. The molecule has 0 spiro atoms. The minimum absolute atomic E-state index is 0.170. The van der Waals surface area contributed by atoms with Crippen LogP contribution in [0.4, 0.5) is 5.69 Å². The smallest absolute Gasteiger partial charge is 0.305 e. The lowest BCUT2D eigenvalue weighted by atomic mass is 9.91. The van der Waals surface area contributed by atoms with Gasteiger partial charge in [-0.25, -0.2) is 0 Å². The average molecular weight is 451 g/mol. The van der Waals surface area contributed by atoms with E-state index in [4.69, 9.17) is 23.2 Å². The van der Waals surface area contributed by atoms with Gasteiger partial charge >= 0.3 is 5.97 Å². The Labute approximate surface area is 185 Å². The van der Waals surface area contributed by atoms with E-state index in [0.29, 0.717) is 11.3 Å². The molecule has 160 valence electrons. The van der Waals surface area contributed by atoms with Crippen LogP contribution in [0.1, 0.15) is 55.6 Å². The summed E-state index contributed by atoms with van der Waals surface area (Å²) in [6, 6.07) is 10.7. The summed E-state index contributed by atoms with van der Waals surface area (Å²) in [4.78, 5) is 36.0. The summed E-state index contributed by atoms with van der Waals surface area (Å²) in [6.07, 6.45) is 0.0205. The number of benzene rings is 2. The molecular formula is C22H24Cl2N2O4. The van der Waals surface area contributed by atoms with E-state index in [1.807, 2.05) is 20.8 Å². The van der Waals surface area contributed by atoms with Crippen molar-refractivity contribution in [3.63, 3.8) is 0 Å². The molecule has 0 heterocycles. The molecule has 30 heavy (non-hydrogen) atoms. The number of hydrogen-bond donors (Lipinski definition) is 3. The molecule has 8 heteroatoms. The second-order valence-electron chi connectivity index (χ2n) is 8.13. The first kappa shape index (κ1) is 23.7. The van der Waals surface area contributed by atoms with Crippen LogP contribution in [0.3, 0.4) is 0 Å². The molecule has 6 nitrogen and oxygen atoms in total. The van der Waals surface area contributed by atoms with Crippen LogP contribution in [0, 0.1) is 5.41 Å². The van der Waals surface area contributed by atoms with E-state index >= 15 is 0 Å². The van der Waals surface area contributed by atoms with E-state index in [0.717, 1.165) is 0 Å².